The van der Waals surface area contributed by atoms with Crippen molar-refractivity contribution in [1.29, 1.82) is 0 Å². The Morgan fingerprint density at radius 2 is 2.11 bits per heavy atom. The van der Waals surface area contributed by atoms with Crippen LogP contribution in [0.15, 0.2) is 36.5 Å². The molecule has 1 unspecified atom stereocenters. The first-order valence-corrected chi connectivity index (χ1v) is 6.03. The van der Waals surface area contributed by atoms with E-state index in [9.17, 15) is 4.79 Å². The predicted octanol–water partition coefficient (Wildman–Crippen LogP) is 1.75. The van der Waals surface area contributed by atoms with Crippen LogP contribution >= 0.6 is 0 Å². The fraction of sp³-hybridized carbons (Fsp3) is 0.231. The number of H-pyrrole nitrogens is 1. The lowest BCUT2D eigenvalue weighted by Crippen LogP contribution is -2.20. The van der Waals surface area contributed by atoms with E-state index in [4.69, 9.17) is 5.73 Å². The number of anilines is 1. The molecule has 1 aromatic carbocycles. The van der Waals surface area contributed by atoms with Crippen molar-refractivity contribution in [2.75, 3.05) is 5.32 Å². The molecule has 0 aliphatic rings. The monoisotopic (exact) mass is 259 g/mol. The third kappa shape index (κ3) is 3.82. The van der Waals surface area contributed by atoms with Crippen molar-refractivity contribution in [3.8, 4) is 0 Å². The summed E-state index contributed by atoms with van der Waals surface area (Å²) < 4.78 is 0. The summed E-state index contributed by atoms with van der Waals surface area (Å²) in [7, 11) is 0. The van der Waals surface area contributed by atoms with Crippen molar-refractivity contribution in [1.82, 2.24) is 15.5 Å². The smallest absolute Gasteiger partial charge is 0.316 e. The molecule has 0 saturated heterocycles. The first-order valence-electron chi connectivity index (χ1n) is 6.03. The Labute approximate surface area is 111 Å². The van der Waals surface area contributed by atoms with Gasteiger partial charge in [0.25, 0.3) is 0 Å². The number of aromatic nitrogens is 2. The average molecular weight is 259 g/mol. The Morgan fingerprint density at radius 1 is 1.37 bits per heavy atom. The number of carbonyl (C=O) groups excluding carboxylic acids is 1. The fourth-order valence-corrected chi connectivity index (χ4v) is 1.76. The van der Waals surface area contributed by atoms with E-state index in [1.807, 2.05) is 30.3 Å². The van der Waals surface area contributed by atoms with Gasteiger partial charge in [-0.05, 0) is 30.7 Å². The van der Waals surface area contributed by atoms with E-state index in [1.54, 1.807) is 6.20 Å². The Bertz CT molecular complexity index is 520. The molecule has 0 saturated carbocycles. The molecule has 6 nitrogen and oxygen atoms in total. The van der Waals surface area contributed by atoms with Crippen molar-refractivity contribution in [3.05, 3.63) is 47.8 Å². The van der Waals surface area contributed by atoms with Crippen molar-refractivity contribution in [3.63, 3.8) is 0 Å². The molecule has 2 rings (SSSR count). The highest BCUT2D eigenvalue weighted by Gasteiger charge is 2.05. The van der Waals surface area contributed by atoms with Gasteiger partial charge >= 0.3 is 6.03 Å². The van der Waals surface area contributed by atoms with Gasteiger partial charge in [0.05, 0.1) is 0 Å². The zero-order valence-electron chi connectivity index (χ0n) is 10.7. The number of benzene rings is 1. The van der Waals surface area contributed by atoms with Crippen molar-refractivity contribution >= 4 is 11.7 Å². The molecule has 0 radical (unpaired) electrons. The Morgan fingerprint density at radius 3 is 2.68 bits per heavy atom. The van der Waals surface area contributed by atoms with Crippen molar-refractivity contribution < 1.29 is 4.79 Å². The highest BCUT2D eigenvalue weighted by molar-refractivity contribution is 5.87. The molecule has 5 N–H and O–H groups in total. The molecule has 2 aromatic rings. The number of nitrogens with two attached hydrogens (primary N) is 1. The van der Waals surface area contributed by atoms with Crippen LogP contribution in [0.5, 0.6) is 0 Å². The van der Waals surface area contributed by atoms with E-state index in [2.05, 4.69) is 27.8 Å². The second-order valence-electron chi connectivity index (χ2n) is 4.30. The third-order valence-electron chi connectivity index (χ3n) is 2.84. The van der Waals surface area contributed by atoms with E-state index in [0.717, 1.165) is 17.8 Å². The van der Waals surface area contributed by atoms with E-state index >= 15 is 0 Å². The van der Waals surface area contributed by atoms with Crippen LogP contribution in [0.3, 0.4) is 0 Å². The zero-order valence-corrected chi connectivity index (χ0v) is 10.7. The van der Waals surface area contributed by atoms with E-state index in [-0.39, 0.29) is 6.04 Å². The quantitative estimate of drug-likeness (QED) is 0.658. The minimum absolute atomic E-state index is 0.200. The predicted molar refractivity (Wildman–Crippen MR) is 73.5 cm³/mol. The molecule has 1 heterocycles. The Balaban J connectivity index is 1.91. The van der Waals surface area contributed by atoms with Gasteiger partial charge in [-0.2, -0.15) is 5.10 Å². The highest BCUT2D eigenvalue weighted by atomic mass is 16.2. The van der Waals surface area contributed by atoms with Crippen molar-refractivity contribution in [2.24, 2.45) is 5.73 Å². The summed E-state index contributed by atoms with van der Waals surface area (Å²) in [5.74, 6) is 0. The number of carbonyl (C=O) groups is 1. The number of rotatable bonds is 5. The maximum absolute atomic E-state index is 10.7. The summed E-state index contributed by atoms with van der Waals surface area (Å²) in [5, 5.41) is 12.7. The minimum atomic E-state index is -0.557. The van der Waals surface area contributed by atoms with Gasteiger partial charge in [0.1, 0.15) is 0 Å². The SMILES string of the molecule is CC(NCc1ccn[nH]1)c1ccc(NC(N)=O)cc1. The number of hydrogen-bond donors (Lipinski definition) is 4. The molecule has 1 atom stereocenters. The van der Waals surface area contributed by atoms with E-state index < -0.39 is 6.03 Å². The maximum Gasteiger partial charge on any atom is 0.316 e. The molecule has 0 aliphatic carbocycles. The topological polar surface area (TPSA) is 95.8 Å². The van der Waals surface area contributed by atoms with Gasteiger partial charge in [0.2, 0.25) is 0 Å². The molecule has 2 amide bonds. The van der Waals surface area contributed by atoms with Crippen LogP contribution in [-0.4, -0.2) is 16.2 Å². The molecule has 0 spiro atoms. The summed E-state index contributed by atoms with van der Waals surface area (Å²) in [4.78, 5) is 10.7. The summed E-state index contributed by atoms with van der Waals surface area (Å²) in [6.45, 7) is 2.80. The lowest BCUT2D eigenvalue weighted by Gasteiger charge is -2.14. The molecule has 19 heavy (non-hydrogen) atoms. The van der Waals surface area contributed by atoms with Gasteiger partial charge in [-0.15, -0.1) is 0 Å². The number of primary amides is 1. The van der Waals surface area contributed by atoms with Crippen LogP contribution in [0.2, 0.25) is 0 Å². The van der Waals surface area contributed by atoms with Crippen LogP contribution in [0.1, 0.15) is 24.2 Å². The number of hydrogen-bond acceptors (Lipinski definition) is 3. The average Bonchev–Trinajstić information content (AvgIpc) is 2.89. The zero-order chi connectivity index (χ0) is 13.7. The van der Waals surface area contributed by atoms with Crippen LogP contribution in [-0.2, 0) is 6.54 Å². The standard InChI is InChI=1S/C13H17N5O/c1-9(15-8-12-6-7-16-18-12)10-2-4-11(5-3-10)17-13(14)19/h2-7,9,15H,8H2,1H3,(H,16,18)(H3,14,17,19). The molecule has 6 heteroatoms. The Hall–Kier alpha value is -2.34. The number of aromatic amines is 1. The number of amides is 2. The molecule has 0 fully saturated rings. The molecular weight excluding hydrogens is 242 g/mol. The number of nitrogens with one attached hydrogen (secondary N) is 3. The van der Waals surface area contributed by atoms with E-state index in [0.29, 0.717) is 5.69 Å². The van der Waals surface area contributed by atoms with Gasteiger partial charge in [-0.3, -0.25) is 5.10 Å². The highest BCUT2D eigenvalue weighted by Crippen LogP contribution is 2.16. The van der Waals surface area contributed by atoms with Gasteiger partial charge in [-0.1, -0.05) is 12.1 Å². The van der Waals surface area contributed by atoms with Crippen LogP contribution < -0.4 is 16.4 Å². The normalized spacial score (nSPS) is 12.1. The van der Waals surface area contributed by atoms with Gasteiger partial charge in [0, 0.05) is 30.2 Å². The third-order valence-corrected chi connectivity index (χ3v) is 2.84. The van der Waals surface area contributed by atoms with Crippen molar-refractivity contribution in [2.45, 2.75) is 19.5 Å². The van der Waals surface area contributed by atoms with Gasteiger partial charge < -0.3 is 16.4 Å². The molecular formula is C13H17N5O. The molecule has 100 valence electrons. The summed E-state index contributed by atoms with van der Waals surface area (Å²) in [6, 6.07) is 9.14. The Kier molecular flexibility index (Phi) is 4.15. The minimum Gasteiger partial charge on any atom is -0.351 e. The molecule has 0 bridgehead atoms. The van der Waals surface area contributed by atoms with Crippen LogP contribution in [0, 0.1) is 0 Å². The number of nitrogens with zero attached hydrogens (tertiary/aromatic N) is 1. The fourth-order valence-electron chi connectivity index (χ4n) is 1.76. The largest absolute Gasteiger partial charge is 0.351 e. The van der Waals surface area contributed by atoms with Crippen LogP contribution in [0.25, 0.3) is 0 Å². The first-order chi connectivity index (χ1) is 9.15. The lowest BCUT2D eigenvalue weighted by molar-refractivity contribution is 0.259. The van der Waals surface area contributed by atoms with Gasteiger partial charge in [-0.25, -0.2) is 4.79 Å². The van der Waals surface area contributed by atoms with Gasteiger partial charge in [0.15, 0.2) is 0 Å². The summed E-state index contributed by atoms with van der Waals surface area (Å²) in [6.07, 6.45) is 1.73. The molecule has 1 aromatic heterocycles. The lowest BCUT2D eigenvalue weighted by atomic mass is 10.1. The number of urea groups is 1. The molecule has 0 aliphatic heterocycles. The van der Waals surface area contributed by atoms with E-state index in [1.165, 1.54) is 0 Å². The maximum atomic E-state index is 10.7. The second kappa shape index (κ2) is 6.01. The first kappa shape index (κ1) is 13.1. The van der Waals surface area contributed by atoms with Crippen LogP contribution in [0.4, 0.5) is 10.5 Å². The second-order valence-corrected chi connectivity index (χ2v) is 4.30. The summed E-state index contributed by atoms with van der Waals surface area (Å²) in [5.41, 5.74) is 7.92. The summed E-state index contributed by atoms with van der Waals surface area (Å²) >= 11 is 0.